The Kier molecular flexibility index (Phi) is 7.43. The van der Waals surface area contributed by atoms with Crippen LogP contribution in [0.2, 0.25) is 0 Å². The topological polar surface area (TPSA) is 79.2 Å². The molecule has 1 aromatic carbocycles. The Balaban J connectivity index is 0.00000225. The number of carbonyl (C=O) groups excluding carboxylic acids is 1. The summed E-state index contributed by atoms with van der Waals surface area (Å²) in [6.07, 6.45) is 4.02. The van der Waals surface area contributed by atoms with Gasteiger partial charge < -0.3 is 15.7 Å². The molecule has 2 heterocycles. The maximum atomic E-state index is 12.4. The van der Waals surface area contributed by atoms with E-state index < -0.39 is 6.04 Å². The van der Waals surface area contributed by atoms with E-state index in [-0.39, 0.29) is 24.9 Å². The van der Waals surface area contributed by atoms with E-state index in [0.717, 1.165) is 36.0 Å². The van der Waals surface area contributed by atoms with Crippen LogP contribution in [0.25, 0.3) is 0 Å². The summed E-state index contributed by atoms with van der Waals surface area (Å²) in [6.45, 7) is 1.74. The summed E-state index contributed by atoms with van der Waals surface area (Å²) in [5.41, 5.74) is 1.21. The second-order valence-electron chi connectivity index (χ2n) is 5.94. The molecule has 3 N–H and O–H groups in total. The number of aliphatic hydroxyl groups excluding tert-OH is 1. The highest BCUT2D eigenvalue weighted by molar-refractivity contribution is 9.10. The van der Waals surface area contributed by atoms with Gasteiger partial charge >= 0.3 is 0 Å². The highest BCUT2D eigenvalue weighted by Crippen LogP contribution is 2.19. The van der Waals surface area contributed by atoms with Gasteiger partial charge in [0.1, 0.15) is 5.69 Å². The number of benzene rings is 1. The van der Waals surface area contributed by atoms with Crippen LogP contribution in [0.15, 0.2) is 41.0 Å². The van der Waals surface area contributed by atoms with Gasteiger partial charge in [0, 0.05) is 17.2 Å². The van der Waals surface area contributed by atoms with Gasteiger partial charge in [-0.1, -0.05) is 28.1 Å². The van der Waals surface area contributed by atoms with E-state index in [0.29, 0.717) is 11.7 Å². The SMILES string of the molecule is Cl.O=C(NC(CO)c1cccc(Br)c1)c1ccn(C2CCCNC2)n1. The molecule has 8 heteroatoms. The Morgan fingerprint density at radius 2 is 2.32 bits per heavy atom. The minimum Gasteiger partial charge on any atom is -0.394 e. The number of halogens is 2. The molecule has 0 radical (unpaired) electrons. The number of aromatic nitrogens is 2. The number of nitrogens with one attached hydrogen (secondary N) is 2. The zero-order valence-electron chi connectivity index (χ0n) is 13.7. The zero-order chi connectivity index (χ0) is 16.9. The van der Waals surface area contributed by atoms with Crippen molar-refractivity contribution in [2.24, 2.45) is 0 Å². The molecular weight excluding hydrogens is 408 g/mol. The lowest BCUT2D eigenvalue weighted by Crippen LogP contribution is -2.33. The molecule has 25 heavy (non-hydrogen) atoms. The van der Waals surface area contributed by atoms with Crippen molar-refractivity contribution in [3.63, 3.8) is 0 Å². The summed E-state index contributed by atoms with van der Waals surface area (Å²) in [5.74, 6) is -0.281. The molecule has 136 valence electrons. The van der Waals surface area contributed by atoms with E-state index >= 15 is 0 Å². The molecule has 2 aromatic rings. The highest BCUT2D eigenvalue weighted by Gasteiger charge is 2.20. The smallest absolute Gasteiger partial charge is 0.272 e. The molecule has 0 bridgehead atoms. The fourth-order valence-electron chi connectivity index (χ4n) is 2.91. The van der Waals surface area contributed by atoms with Crippen LogP contribution in [0.4, 0.5) is 0 Å². The van der Waals surface area contributed by atoms with Crippen molar-refractivity contribution in [1.29, 1.82) is 0 Å². The van der Waals surface area contributed by atoms with Crippen LogP contribution in [0.5, 0.6) is 0 Å². The lowest BCUT2D eigenvalue weighted by atomic mass is 10.1. The summed E-state index contributed by atoms with van der Waals surface area (Å²) >= 11 is 3.40. The van der Waals surface area contributed by atoms with Gasteiger partial charge in [0.2, 0.25) is 0 Å². The van der Waals surface area contributed by atoms with Crippen LogP contribution in [-0.2, 0) is 0 Å². The second-order valence-corrected chi connectivity index (χ2v) is 6.86. The van der Waals surface area contributed by atoms with Crippen molar-refractivity contribution in [2.45, 2.75) is 24.9 Å². The third-order valence-electron chi connectivity index (χ3n) is 4.22. The normalized spacial score (nSPS) is 18.2. The molecule has 1 fully saturated rings. The third kappa shape index (κ3) is 5.04. The summed E-state index contributed by atoms with van der Waals surface area (Å²) in [6, 6.07) is 9.08. The number of hydrogen-bond acceptors (Lipinski definition) is 4. The first kappa shape index (κ1) is 19.9. The average molecular weight is 430 g/mol. The van der Waals surface area contributed by atoms with Crippen molar-refractivity contribution < 1.29 is 9.90 Å². The molecule has 1 aliphatic rings. The van der Waals surface area contributed by atoms with Crippen molar-refractivity contribution >= 4 is 34.2 Å². The van der Waals surface area contributed by atoms with Gasteiger partial charge in [-0.15, -0.1) is 12.4 Å². The minimum atomic E-state index is -0.462. The molecule has 2 atom stereocenters. The fraction of sp³-hybridized carbons (Fsp3) is 0.412. The largest absolute Gasteiger partial charge is 0.394 e. The summed E-state index contributed by atoms with van der Waals surface area (Å²) in [5, 5.41) is 20.2. The number of carbonyl (C=O) groups is 1. The lowest BCUT2D eigenvalue weighted by molar-refractivity contribution is 0.0909. The predicted octanol–water partition coefficient (Wildman–Crippen LogP) is 2.46. The van der Waals surface area contributed by atoms with Crippen LogP contribution in [0.1, 0.15) is 41.0 Å². The first-order valence-corrected chi connectivity index (χ1v) is 8.89. The quantitative estimate of drug-likeness (QED) is 0.682. The van der Waals surface area contributed by atoms with E-state index in [4.69, 9.17) is 0 Å². The zero-order valence-corrected chi connectivity index (χ0v) is 16.1. The molecule has 6 nitrogen and oxygen atoms in total. The maximum absolute atomic E-state index is 12.4. The van der Waals surface area contributed by atoms with Gasteiger partial charge in [-0.3, -0.25) is 9.48 Å². The molecular formula is C17H22BrClN4O2. The molecule has 0 saturated carbocycles. The second kappa shape index (κ2) is 9.33. The van der Waals surface area contributed by atoms with Crippen LogP contribution in [0, 0.1) is 0 Å². The monoisotopic (exact) mass is 428 g/mol. The Morgan fingerprint density at radius 3 is 3.00 bits per heavy atom. The number of hydrogen-bond donors (Lipinski definition) is 3. The highest BCUT2D eigenvalue weighted by atomic mass is 79.9. The molecule has 1 amide bonds. The van der Waals surface area contributed by atoms with Crippen molar-refractivity contribution in [3.8, 4) is 0 Å². The summed E-state index contributed by atoms with van der Waals surface area (Å²) < 4.78 is 2.76. The van der Waals surface area contributed by atoms with Crippen LogP contribution in [0.3, 0.4) is 0 Å². The first-order valence-electron chi connectivity index (χ1n) is 8.10. The number of piperidine rings is 1. The van der Waals surface area contributed by atoms with Crippen LogP contribution < -0.4 is 10.6 Å². The number of rotatable bonds is 5. The average Bonchev–Trinajstić information content (AvgIpc) is 3.10. The first-order chi connectivity index (χ1) is 11.7. The van der Waals surface area contributed by atoms with Gasteiger partial charge in [-0.25, -0.2) is 0 Å². The van der Waals surface area contributed by atoms with Crippen LogP contribution >= 0.6 is 28.3 Å². The van der Waals surface area contributed by atoms with Gasteiger partial charge in [0.05, 0.1) is 18.7 Å². The third-order valence-corrected chi connectivity index (χ3v) is 4.72. The Bertz CT molecular complexity index is 703. The Hall–Kier alpha value is -1.41. The molecule has 3 rings (SSSR count). The Morgan fingerprint density at radius 1 is 1.48 bits per heavy atom. The standard InChI is InChI=1S/C17H21BrN4O2.ClH/c18-13-4-1-3-12(9-13)16(11-23)20-17(24)15-6-8-22(21-15)14-5-2-7-19-10-14;/h1,3-4,6,8-9,14,16,19,23H,2,5,7,10-11H2,(H,20,24);1H. The van der Waals surface area contributed by atoms with E-state index in [1.807, 2.05) is 35.1 Å². The van der Waals surface area contributed by atoms with E-state index in [2.05, 4.69) is 31.7 Å². The van der Waals surface area contributed by atoms with E-state index in [1.165, 1.54) is 0 Å². The van der Waals surface area contributed by atoms with Crippen molar-refractivity contribution in [3.05, 3.63) is 52.3 Å². The predicted molar refractivity (Wildman–Crippen MR) is 102 cm³/mol. The maximum Gasteiger partial charge on any atom is 0.272 e. The Labute approximate surface area is 161 Å². The molecule has 2 unspecified atom stereocenters. The molecule has 0 spiro atoms. The van der Waals surface area contributed by atoms with Gasteiger partial charge in [0.25, 0.3) is 5.91 Å². The van der Waals surface area contributed by atoms with E-state index in [9.17, 15) is 9.90 Å². The molecule has 0 aliphatic carbocycles. The lowest BCUT2D eigenvalue weighted by Gasteiger charge is -2.23. The number of aliphatic hydroxyl groups is 1. The number of amides is 1. The molecule has 1 saturated heterocycles. The van der Waals surface area contributed by atoms with E-state index in [1.54, 1.807) is 6.07 Å². The van der Waals surface area contributed by atoms with Gasteiger partial charge in [-0.05, 0) is 43.1 Å². The molecule has 1 aliphatic heterocycles. The number of nitrogens with zero attached hydrogens (tertiary/aromatic N) is 2. The van der Waals surface area contributed by atoms with Gasteiger partial charge in [-0.2, -0.15) is 5.10 Å². The molecule has 1 aromatic heterocycles. The van der Waals surface area contributed by atoms with Gasteiger partial charge in [0.15, 0.2) is 0 Å². The fourth-order valence-corrected chi connectivity index (χ4v) is 3.33. The summed E-state index contributed by atoms with van der Waals surface area (Å²) in [7, 11) is 0. The minimum absolute atomic E-state index is 0. The summed E-state index contributed by atoms with van der Waals surface area (Å²) in [4.78, 5) is 12.4. The van der Waals surface area contributed by atoms with Crippen molar-refractivity contribution in [1.82, 2.24) is 20.4 Å². The van der Waals surface area contributed by atoms with Crippen molar-refractivity contribution in [2.75, 3.05) is 19.7 Å². The van der Waals surface area contributed by atoms with Crippen LogP contribution in [-0.4, -0.2) is 40.5 Å².